The van der Waals surface area contributed by atoms with Crippen LogP contribution < -0.4 is 5.32 Å². The second kappa shape index (κ2) is 18.7. The molecule has 0 bridgehead atoms. The summed E-state index contributed by atoms with van der Waals surface area (Å²) in [5.41, 5.74) is 0.372. The molecule has 8 heteroatoms. The number of carbonyl (C=O) groups is 1. The molecule has 2 aromatic carbocycles. The van der Waals surface area contributed by atoms with E-state index in [1.165, 1.54) is 30.3 Å². The Kier molecular flexibility index (Phi) is 19.1. The van der Waals surface area contributed by atoms with Gasteiger partial charge in [-0.25, -0.2) is 17.3 Å². The Hall–Kier alpha value is -1.64. The average Bonchev–Trinajstić information content (AvgIpc) is 3.33. The van der Waals surface area contributed by atoms with E-state index >= 15 is 0 Å². The van der Waals surface area contributed by atoms with Gasteiger partial charge in [0.2, 0.25) is 5.91 Å². The number of amides is 1. The Balaban J connectivity index is 0. The fourth-order valence-electron chi connectivity index (χ4n) is 2.87. The highest BCUT2D eigenvalue weighted by Crippen LogP contribution is 2.24. The highest BCUT2D eigenvalue weighted by atomic mass is 79.9. The van der Waals surface area contributed by atoms with E-state index in [2.05, 4.69) is 21.2 Å². The molecule has 1 aliphatic rings. The van der Waals surface area contributed by atoms with Crippen LogP contribution >= 0.6 is 15.9 Å². The Morgan fingerprint density at radius 1 is 1.06 bits per heavy atom. The fourth-order valence-corrected chi connectivity index (χ4v) is 4.64. The van der Waals surface area contributed by atoms with Crippen LogP contribution in [0.4, 0.5) is 8.78 Å². The van der Waals surface area contributed by atoms with Crippen molar-refractivity contribution in [2.24, 2.45) is 0 Å². The largest absolute Gasteiger partial charge is 0.351 e. The van der Waals surface area contributed by atoms with Crippen molar-refractivity contribution in [3.05, 3.63) is 64.1 Å². The molecule has 2 atom stereocenters. The van der Waals surface area contributed by atoms with E-state index in [9.17, 15) is 17.8 Å². The van der Waals surface area contributed by atoms with E-state index in [0.717, 1.165) is 10.9 Å². The molecule has 3 rings (SSSR count). The normalized spacial score (nSPS) is 15.2. The van der Waals surface area contributed by atoms with E-state index < -0.39 is 28.7 Å². The number of halogens is 3. The van der Waals surface area contributed by atoms with Crippen LogP contribution in [-0.4, -0.2) is 27.0 Å². The average molecular weight is 550 g/mol. The van der Waals surface area contributed by atoms with Gasteiger partial charge < -0.3 is 5.32 Å². The molecule has 0 aliphatic carbocycles. The van der Waals surface area contributed by atoms with E-state index in [1.807, 2.05) is 41.5 Å². The summed E-state index contributed by atoms with van der Waals surface area (Å²) in [7, 11) is -1.55. The van der Waals surface area contributed by atoms with Crippen LogP contribution in [0.3, 0.4) is 0 Å². The Morgan fingerprint density at radius 3 is 2.21 bits per heavy atom. The maximum absolute atomic E-state index is 13.8. The van der Waals surface area contributed by atoms with Gasteiger partial charge in [0.25, 0.3) is 0 Å². The zero-order valence-electron chi connectivity index (χ0n) is 19.8. The van der Waals surface area contributed by atoms with Gasteiger partial charge in [0, 0.05) is 23.1 Å². The molecule has 0 aromatic heterocycles. The van der Waals surface area contributed by atoms with Crippen LogP contribution in [0.25, 0.3) is 0 Å². The Labute approximate surface area is 209 Å². The van der Waals surface area contributed by atoms with Crippen molar-refractivity contribution in [2.45, 2.75) is 79.3 Å². The number of rotatable bonds is 5. The molecular weight excluding hydrogens is 510 g/mol. The molecule has 0 saturated carbocycles. The minimum absolute atomic E-state index is 0. The minimum Gasteiger partial charge on any atom is -0.351 e. The molecule has 2 aromatic rings. The minimum atomic E-state index is -1.55. The third kappa shape index (κ3) is 10.4. The van der Waals surface area contributed by atoms with Crippen LogP contribution in [0.5, 0.6) is 0 Å². The predicted octanol–water partition coefficient (Wildman–Crippen LogP) is 7.25. The molecule has 1 fully saturated rings. The Bertz CT molecular complexity index is 836. The van der Waals surface area contributed by atoms with Gasteiger partial charge in [-0.2, -0.15) is 0 Å². The number of benzene rings is 2. The van der Waals surface area contributed by atoms with Crippen LogP contribution in [0.2, 0.25) is 0 Å². The first-order chi connectivity index (χ1) is 15.5. The molecule has 1 heterocycles. The number of nitrogens with zero attached hydrogens (tertiary/aromatic N) is 1. The highest BCUT2D eigenvalue weighted by molar-refractivity contribution is 9.10. The molecule has 1 aliphatic heterocycles. The van der Waals surface area contributed by atoms with Crippen molar-refractivity contribution >= 4 is 32.8 Å². The van der Waals surface area contributed by atoms with E-state index in [4.69, 9.17) is 0 Å². The summed E-state index contributed by atoms with van der Waals surface area (Å²) in [6.07, 6.45) is 1.30. The molecule has 0 radical (unpaired) electrons. The molecule has 1 saturated heterocycles. The number of carbonyl (C=O) groups excluding carboxylic acids is 1. The topological polar surface area (TPSA) is 49.4 Å². The van der Waals surface area contributed by atoms with Gasteiger partial charge in [-0.05, 0) is 55.3 Å². The van der Waals surface area contributed by atoms with Gasteiger partial charge in [-0.3, -0.25) is 4.79 Å². The second-order valence-electron chi connectivity index (χ2n) is 5.96. The van der Waals surface area contributed by atoms with E-state index in [0.29, 0.717) is 23.4 Å². The molecule has 1 N–H and O–H groups in total. The van der Waals surface area contributed by atoms with Crippen molar-refractivity contribution in [3.8, 4) is 0 Å². The van der Waals surface area contributed by atoms with Crippen molar-refractivity contribution in [1.29, 1.82) is 0 Å². The SMILES string of the molecule is C.CC.CC.CC.O=C(NCc1cc(Br)ccc1F)C1CCCN1S(=O)c1ccc(F)cc1. The van der Waals surface area contributed by atoms with Gasteiger partial charge in [-0.1, -0.05) is 64.9 Å². The molecule has 1 amide bonds. The lowest BCUT2D eigenvalue weighted by molar-refractivity contribution is -0.124. The molecular formula is C25H39BrF2N2O2S. The van der Waals surface area contributed by atoms with E-state index in [-0.39, 0.29) is 19.9 Å². The zero-order chi connectivity index (χ0) is 24.7. The highest BCUT2D eigenvalue weighted by Gasteiger charge is 2.34. The molecule has 188 valence electrons. The second-order valence-corrected chi connectivity index (χ2v) is 8.31. The molecule has 2 unspecified atom stereocenters. The smallest absolute Gasteiger partial charge is 0.238 e. The first-order valence-corrected chi connectivity index (χ1v) is 13.0. The molecule has 4 nitrogen and oxygen atoms in total. The summed E-state index contributed by atoms with van der Waals surface area (Å²) in [5, 5.41) is 2.72. The van der Waals surface area contributed by atoms with Crippen LogP contribution in [0, 0.1) is 11.6 Å². The Morgan fingerprint density at radius 2 is 1.64 bits per heavy atom. The first-order valence-electron chi connectivity index (χ1n) is 11.1. The quantitative estimate of drug-likeness (QED) is 0.427. The van der Waals surface area contributed by atoms with Crippen molar-refractivity contribution in [3.63, 3.8) is 0 Å². The first kappa shape index (κ1) is 33.5. The zero-order valence-corrected chi connectivity index (χ0v) is 22.2. The monoisotopic (exact) mass is 548 g/mol. The van der Waals surface area contributed by atoms with Crippen molar-refractivity contribution in [2.75, 3.05) is 6.54 Å². The lowest BCUT2D eigenvalue weighted by Crippen LogP contribution is -2.43. The summed E-state index contributed by atoms with van der Waals surface area (Å²) < 4.78 is 41.9. The van der Waals surface area contributed by atoms with Crippen molar-refractivity contribution < 1.29 is 17.8 Å². The lowest BCUT2D eigenvalue weighted by atomic mass is 10.2. The summed E-state index contributed by atoms with van der Waals surface area (Å²) in [6.45, 7) is 12.6. The van der Waals surface area contributed by atoms with Crippen LogP contribution in [0.15, 0.2) is 51.8 Å². The molecule has 33 heavy (non-hydrogen) atoms. The lowest BCUT2D eigenvalue weighted by Gasteiger charge is -2.22. The fraction of sp³-hybridized carbons (Fsp3) is 0.480. The van der Waals surface area contributed by atoms with Gasteiger partial charge in [0.1, 0.15) is 28.7 Å². The van der Waals surface area contributed by atoms with Crippen LogP contribution in [-0.2, 0) is 22.3 Å². The van der Waals surface area contributed by atoms with Gasteiger partial charge in [0.05, 0.1) is 4.90 Å². The standard InChI is InChI=1S/C18H17BrF2N2O2S.3C2H6.CH4/c19-13-3-8-16(21)12(10-13)11-22-18(24)17-2-1-9-23(17)26(25)15-6-4-14(20)5-7-15;3*1-2;/h3-8,10,17H,1-2,9,11H2,(H,22,24);3*1-2H3;1H4. The van der Waals surface area contributed by atoms with E-state index in [1.54, 1.807) is 16.4 Å². The summed E-state index contributed by atoms with van der Waals surface area (Å²) in [4.78, 5) is 13.0. The third-order valence-electron chi connectivity index (χ3n) is 4.20. The van der Waals surface area contributed by atoms with Crippen LogP contribution in [0.1, 0.15) is 67.4 Å². The maximum Gasteiger partial charge on any atom is 0.238 e. The van der Waals surface area contributed by atoms with Crippen molar-refractivity contribution in [1.82, 2.24) is 9.62 Å². The summed E-state index contributed by atoms with van der Waals surface area (Å²) >= 11 is 3.27. The number of hydrogen-bond donors (Lipinski definition) is 1. The predicted molar refractivity (Wildman–Crippen MR) is 139 cm³/mol. The molecule has 0 spiro atoms. The number of nitrogens with one attached hydrogen (secondary N) is 1. The van der Waals surface area contributed by atoms with Gasteiger partial charge >= 0.3 is 0 Å². The number of hydrogen-bond acceptors (Lipinski definition) is 2. The summed E-state index contributed by atoms with van der Waals surface area (Å²) in [6, 6.07) is 9.37. The maximum atomic E-state index is 13.8. The third-order valence-corrected chi connectivity index (χ3v) is 6.23. The van der Waals surface area contributed by atoms with Gasteiger partial charge in [-0.15, -0.1) is 0 Å². The van der Waals surface area contributed by atoms with Gasteiger partial charge in [0.15, 0.2) is 0 Å². The summed E-state index contributed by atoms with van der Waals surface area (Å²) in [5.74, 6) is -1.10.